The average Bonchev–Trinajstić information content (AvgIpc) is 2.98. The van der Waals surface area contributed by atoms with Gasteiger partial charge < -0.3 is 10.2 Å². The maximum absolute atomic E-state index is 14.0. The highest BCUT2D eigenvalue weighted by Gasteiger charge is 2.31. The van der Waals surface area contributed by atoms with Crippen molar-refractivity contribution >= 4 is 50.7 Å². The highest BCUT2D eigenvalue weighted by atomic mass is 35.5. The number of nitrogens with one attached hydrogen (secondary N) is 1. The van der Waals surface area contributed by atoms with Gasteiger partial charge in [0, 0.05) is 48.1 Å². The lowest BCUT2D eigenvalue weighted by Gasteiger charge is -2.32. The van der Waals surface area contributed by atoms with Gasteiger partial charge in [0.05, 0.1) is 11.9 Å². The Balaban J connectivity index is 1.90. The first kappa shape index (κ1) is 34.4. The number of aryl methyl sites for hydroxylation is 1. The molecule has 0 aliphatic rings. The second kappa shape index (κ2) is 16.7. The van der Waals surface area contributed by atoms with Crippen LogP contribution in [0, 0.1) is 0 Å². The van der Waals surface area contributed by atoms with E-state index in [1.807, 2.05) is 56.3 Å². The van der Waals surface area contributed by atoms with Crippen molar-refractivity contribution in [1.29, 1.82) is 0 Å². The summed E-state index contributed by atoms with van der Waals surface area (Å²) in [5, 5.41) is 3.79. The van der Waals surface area contributed by atoms with Crippen molar-refractivity contribution < 1.29 is 18.0 Å². The molecule has 0 radical (unpaired) electrons. The predicted octanol–water partition coefficient (Wildman–Crippen LogP) is 6.66. The van der Waals surface area contributed by atoms with Crippen molar-refractivity contribution in [3.05, 3.63) is 99.5 Å². The normalized spacial score (nSPS) is 12.0. The number of carbonyl (C=O) groups is 2. The summed E-state index contributed by atoms with van der Waals surface area (Å²) in [6, 6.07) is 21.2. The average molecular weight is 647 g/mol. The number of benzene rings is 3. The molecule has 0 saturated carbocycles. The molecule has 3 aromatic carbocycles. The molecule has 0 aliphatic carbocycles. The number of amides is 2. The van der Waals surface area contributed by atoms with E-state index in [9.17, 15) is 18.0 Å². The summed E-state index contributed by atoms with van der Waals surface area (Å²) in [5.41, 5.74) is 3.10. The van der Waals surface area contributed by atoms with E-state index >= 15 is 0 Å². The molecular weight excluding hydrogens is 605 g/mol. The van der Waals surface area contributed by atoms with Crippen molar-refractivity contribution in [3.8, 4) is 0 Å². The molecule has 43 heavy (non-hydrogen) atoms. The first-order valence-corrected chi connectivity index (χ1v) is 17.3. The third kappa shape index (κ3) is 10.3. The second-order valence-corrected chi connectivity index (χ2v) is 13.3. The largest absolute Gasteiger partial charge is 0.354 e. The van der Waals surface area contributed by atoms with E-state index in [2.05, 4.69) is 5.32 Å². The highest BCUT2D eigenvalue weighted by molar-refractivity contribution is 7.92. The Morgan fingerprint density at radius 2 is 1.51 bits per heavy atom. The van der Waals surface area contributed by atoms with Gasteiger partial charge in [0.2, 0.25) is 21.8 Å². The zero-order valence-corrected chi connectivity index (χ0v) is 27.4. The molecule has 10 heteroatoms. The minimum atomic E-state index is -3.59. The molecule has 0 spiro atoms. The number of halogens is 2. The fraction of sp³-hybridized carbons (Fsp3) is 0.394. The van der Waals surface area contributed by atoms with Gasteiger partial charge in [0.1, 0.15) is 6.04 Å². The number of hydrogen-bond donors (Lipinski definition) is 1. The number of nitrogens with zero attached hydrogens (tertiary/aromatic N) is 2. The van der Waals surface area contributed by atoms with Gasteiger partial charge in [-0.1, -0.05) is 92.0 Å². The summed E-state index contributed by atoms with van der Waals surface area (Å²) >= 11 is 13.0. The van der Waals surface area contributed by atoms with E-state index in [-0.39, 0.29) is 37.7 Å². The lowest BCUT2D eigenvalue weighted by molar-refractivity contribution is -0.141. The lowest BCUT2D eigenvalue weighted by atomic mass is 10.0. The third-order valence-corrected chi connectivity index (χ3v) is 9.18. The molecule has 232 valence electrons. The summed E-state index contributed by atoms with van der Waals surface area (Å²) in [7, 11) is -3.59. The molecule has 2 amide bonds. The van der Waals surface area contributed by atoms with Gasteiger partial charge in [-0.05, 0) is 54.7 Å². The Hall–Kier alpha value is -3.07. The van der Waals surface area contributed by atoms with Crippen molar-refractivity contribution in [2.75, 3.05) is 23.7 Å². The molecule has 0 aromatic heterocycles. The van der Waals surface area contributed by atoms with E-state index in [1.165, 1.54) is 9.21 Å². The summed E-state index contributed by atoms with van der Waals surface area (Å²) in [5.74, 6) is -0.556. The van der Waals surface area contributed by atoms with Crippen LogP contribution in [-0.2, 0) is 39.0 Å². The van der Waals surface area contributed by atoms with Gasteiger partial charge in [0.15, 0.2) is 0 Å². The minimum absolute atomic E-state index is 0.0225. The van der Waals surface area contributed by atoms with Gasteiger partial charge in [-0.25, -0.2) is 8.42 Å². The van der Waals surface area contributed by atoms with Crippen LogP contribution in [0.1, 0.15) is 56.2 Å². The minimum Gasteiger partial charge on any atom is -0.354 e. The van der Waals surface area contributed by atoms with Gasteiger partial charge in [-0.15, -0.1) is 0 Å². The first-order chi connectivity index (χ1) is 20.5. The van der Waals surface area contributed by atoms with Gasteiger partial charge in [0.25, 0.3) is 0 Å². The van der Waals surface area contributed by atoms with E-state index in [1.54, 1.807) is 30.3 Å². The van der Waals surface area contributed by atoms with Crippen LogP contribution in [0.3, 0.4) is 0 Å². The van der Waals surface area contributed by atoms with Gasteiger partial charge in [-0.2, -0.15) is 0 Å². The molecule has 3 aromatic rings. The summed E-state index contributed by atoms with van der Waals surface area (Å²) in [6.45, 7) is 4.72. The quantitative estimate of drug-likeness (QED) is 0.177. The maximum Gasteiger partial charge on any atom is 0.243 e. The van der Waals surface area contributed by atoms with Crippen LogP contribution in [0.2, 0.25) is 10.0 Å². The summed E-state index contributed by atoms with van der Waals surface area (Å²) < 4.78 is 26.7. The Morgan fingerprint density at radius 1 is 0.860 bits per heavy atom. The van der Waals surface area contributed by atoms with E-state index in [0.717, 1.165) is 36.6 Å². The topological polar surface area (TPSA) is 86.8 Å². The third-order valence-electron chi connectivity index (χ3n) is 7.28. The van der Waals surface area contributed by atoms with E-state index < -0.39 is 16.1 Å². The summed E-state index contributed by atoms with van der Waals surface area (Å²) in [6.07, 6.45) is 4.30. The maximum atomic E-state index is 14.0. The monoisotopic (exact) mass is 645 g/mol. The molecule has 3 rings (SSSR count). The number of rotatable bonds is 16. The highest BCUT2D eigenvalue weighted by Crippen LogP contribution is 2.28. The molecule has 0 fully saturated rings. The summed E-state index contributed by atoms with van der Waals surface area (Å²) in [4.78, 5) is 29.1. The van der Waals surface area contributed by atoms with Crippen LogP contribution in [0.4, 0.5) is 5.69 Å². The molecule has 1 atom stereocenters. The molecular formula is C33H41Cl2N3O4S. The Morgan fingerprint density at radius 3 is 2.09 bits per heavy atom. The standard InChI is InChI=1S/C33H41Cl2N3O4S/c1-4-6-21-36-33(40)31(23-26-12-8-7-9-13-26)37(24-28-29(34)14-10-15-30(28)35)32(39)16-11-22-38(43(3,41)42)27-19-17-25(5-2)18-20-27/h7-10,12-15,17-20,31H,4-6,11,16,21-24H2,1-3H3,(H,36,40)/t31-/m0/s1. The zero-order valence-electron chi connectivity index (χ0n) is 25.1. The number of unbranched alkanes of at least 4 members (excludes halogenated alkanes) is 1. The predicted molar refractivity (Wildman–Crippen MR) is 176 cm³/mol. The molecule has 1 N–H and O–H groups in total. The Bertz CT molecular complexity index is 1430. The van der Waals surface area contributed by atoms with Crippen LogP contribution in [0.15, 0.2) is 72.8 Å². The van der Waals surface area contributed by atoms with Gasteiger partial charge >= 0.3 is 0 Å². The number of carbonyl (C=O) groups excluding carboxylic acids is 2. The Kier molecular flexibility index (Phi) is 13.4. The van der Waals surface area contributed by atoms with Gasteiger partial charge in [-0.3, -0.25) is 13.9 Å². The Labute approximate surface area is 266 Å². The zero-order chi connectivity index (χ0) is 31.4. The van der Waals surface area contributed by atoms with Crippen molar-refractivity contribution in [3.63, 3.8) is 0 Å². The molecule has 0 heterocycles. The number of anilines is 1. The smallest absolute Gasteiger partial charge is 0.243 e. The SMILES string of the molecule is CCCCNC(=O)[C@H](Cc1ccccc1)N(Cc1c(Cl)cccc1Cl)C(=O)CCCN(c1ccc(CC)cc1)S(C)(=O)=O. The fourth-order valence-corrected chi connectivity index (χ4v) is 6.30. The van der Waals surface area contributed by atoms with Crippen LogP contribution < -0.4 is 9.62 Å². The molecule has 0 unspecified atom stereocenters. The van der Waals surface area contributed by atoms with E-state index in [4.69, 9.17) is 23.2 Å². The van der Waals surface area contributed by atoms with Crippen LogP contribution in [0.5, 0.6) is 0 Å². The number of hydrogen-bond acceptors (Lipinski definition) is 4. The van der Waals surface area contributed by atoms with Crippen molar-refractivity contribution in [1.82, 2.24) is 10.2 Å². The lowest BCUT2D eigenvalue weighted by Crippen LogP contribution is -2.50. The molecule has 0 bridgehead atoms. The van der Waals surface area contributed by atoms with Crippen molar-refractivity contribution in [2.24, 2.45) is 0 Å². The van der Waals surface area contributed by atoms with Crippen LogP contribution in [-0.4, -0.2) is 50.5 Å². The van der Waals surface area contributed by atoms with Crippen LogP contribution >= 0.6 is 23.2 Å². The van der Waals surface area contributed by atoms with E-state index in [0.29, 0.717) is 34.3 Å². The van der Waals surface area contributed by atoms with Crippen LogP contribution in [0.25, 0.3) is 0 Å². The van der Waals surface area contributed by atoms with Crippen molar-refractivity contribution in [2.45, 2.75) is 65.0 Å². The molecule has 7 nitrogen and oxygen atoms in total. The fourth-order valence-electron chi connectivity index (χ4n) is 4.82. The molecule has 0 saturated heterocycles. The molecule has 0 aliphatic heterocycles. The number of sulfonamides is 1. The first-order valence-electron chi connectivity index (χ1n) is 14.7. The second-order valence-electron chi connectivity index (χ2n) is 10.5.